The SMILES string of the molecule is CC(C)(C)Cn1nnc2c1-c1ccccc1N(C(=O)C(C)(C)C)Cc1ccccc1-2. The van der Waals surface area contributed by atoms with Gasteiger partial charge in [0.05, 0.1) is 17.9 Å². The first-order valence-corrected chi connectivity index (χ1v) is 10.5. The summed E-state index contributed by atoms with van der Waals surface area (Å²) in [6, 6.07) is 16.3. The fourth-order valence-corrected chi connectivity index (χ4v) is 3.96. The molecule has 1 amide bonds. The van der Waals surface area contributed by atoms with Gasteiger partial charge in [-0.1, -0.05) is 89.2 Å². The number of rotatable bonds is 1. The highest BCUT2D eigenvalue weighted by Crippen LogP contribution is 2.42. The van der Waals surface area contributed by atoms with Gasteiger partial charge in [0.1, 0.15) is 5.69 Å². The molecule has 30 heavy (non-hydrogen) atoms. The lowest BCUT2D eigenvalue weighted by atomic mass is 9.90. The average molecular weight is 403 g/mol. The Morgan fingerprint density at radius 1 is 0.933 bits per heavy atom. The largest absolute Gasteiger partial charge is 0.307 e. The minimum absolute atomic E-state index is 0.0409. The van der Waals surface area contributed by atoms with Crippen LogP contribution in [0.3, 0.4) is 0 Å². The van der Waals surface area contributed by atoms with Gasteiger partial charge in [-0.3, -0.25) is 4.79 Å². The summed E-state index contributed by atoms with van der Waals surface area (Å²) in [5.41, 5.74) is 5.42. The molecular weight excluding hydrogens is 372 g/mol. The van der Waals surface area contributed by atoms with E-state index in [2.05, 4.69) is 49.3 Å². The highest BCUT2D eigenvalue weighted by Gasteiger charge is 2.34. The van der Waals surface area contributed by atoms with Crippen molar-refractivity contribution in [2.45, 2.75) is 54.6 Å². The molecule has 4 rings (SSSR count). The molecule has 0 fully saturated rings. The molecule has 0 unspecified atom stereocenters. The number of anilines is 1. The van der Waals surface area contributed by atoms with Gasteiger partial charge < -0.3 is 4.90 Å². The van der Waals surface area contributed by atoms with Crippen molar-refractivity contribution in [2.75, 3.05) is 4.90 Å². The molecule has 1 aliphatic heterocycles. The van der Waals surface area contributed by atoms with E-state index in [1.807, 2.05) is 60.7 Å². The molecule has 1 aliphatic rings. The van der Waals surface area contributed by atoms with Gasteiger partial charge in [0, 0.05) is 23.1 Å². The molecule has 0 spiro atoms. The third-order valence-electron chi connectivity index (χ3n) is 5.30. The van der Waals surface area contributed by atoms with Crippen LogP contribution in [0, 0.1) is 10.8 Å². The van der Waals surface area contributed by atoms with Crippen molar-refractivity contribution in [3.63, 3.8) is 0 Å². The van der Waals surface area contributed by atoms with Gasteiger partial charge in [-0.05, 0) is 17.0 Å². The van der Waals surface area contributed by atoms with E-state index in [1.54, 1.807) is 0 Å². The van der Waals surface area contributed by atoms with Gasteiger partial charge in [-0.25, -0.2) is 4.68 Å². The summed E-state index contributed by atoms with van der Waals surface area (Å²) in [4.78, 5) is 15.4. The Morgan fingerprint density at radius 2 is 1.57 bits per heavy atom. The van der Waals surface area contributed by atoms with E-state index in [0.29, 0.717) is 6.54 Å². The van der Waals surface area contributed by atoms with E-state index in [0.717, 1.165) is 40.3 Å². The zero-order valence-electron chi connectivity index (χ0n) is 18.7. The predicted molar refractivity (Wildman–Crippen MR) is 121 cm³/mol. The van der Waals surface area contributed by atoms with Gasteiger partial charge in [0.25, 0.3) is 0 Å². The normalized spacial score (nSPS) is 13.7. The van der Waals surface area contributed by atoms with Crippen LogP contribution in [0.25, 0.3) is 22.5 Å². The summed E-state index contributed by atoms with van der Waals surface area (Å²) in [6.45, 7) is 13.7. The lowest BCUT2D eigenvalue weighted by Crippen LogP contribution is -2.40. The minimum atomic E-state index is -0.492. The van der Waals surface area contributed by atoms with Gasteiger partial charge >= 0.3 is 0 Å². The molecule has 1 aromatic heterocycles. The summed E-state index contributed by atoms with van der Waals surface area (Å²) in [6.07, 6.45) is 0. The number of hydrogen-bond acceptors (Lipinski definition) is 3. The minimum Gasteiger partial charge on any atom is -0.307 e. The van der Waals surface area contributed by atoms with Gasteiger partial charge in [-0.15, -0.1) is 5.10 Å². The Bertz CT molecular complexity index is 1100. The van der Waals surface area contributed by atoms with Crippen LogP contribution in [0.5, 0.6) is 0 Å². The lowest BCUT2D eigenvalue weighted by Gasteiger charge is -2.33. The Hall–Kier alpha value is -2.95. The monoisotopic (exact) mass is 402 g/mol. The van der Waals surface area contributed by atoms with Crippen LogP contribution >= 0.6 is 0 Å². The zero-order chi connectivity index (χ0) is 21.7. The maximum atomic E-state index is 13.5. The van der Waals surface area contributed by atoms with E-state index in [-0.39, 0.29) is 11.3 Å². The van der Waals surface area contributed by atoms with Crippen LogP contribution in [-0.2, 0) is 17.9 Å². The first kappa shape index (κ1) is 20.3. The number of carbonyl (C=O) groups excluding carboxylic acids is 1. The molecule has 5 nitrogen and oxygen atoms in total. The van der Waals surface area contributed by atoms with Crippen LogP contribution in [0.2, 0.25) is 0 Å². The molecule has 0 atom stereocenters. The van der Waals surface area contributed by atoms with E-state index in [4.69, 9.17) is 0 Å². The standard InChI is InChI=1S/C25H30N4O/c1-24(2,3)16-29-22-19-13-9-10-14-20(19)28(23(30)25(4,5)6)15-17-11-7-8-12-18(17)21(22)26-27-29/h7-14H,15-16H2,1-6H3. The Balaban J connectivity index is 2.03. The smallest absolute Gasteiger partial charge is 0.232 e. The number of nitrogens with zero attached hydrogens (tertiary/aromatic N) is 4. The Kier molecular flexibility index (Phi) is 4.80. The maximum Gasteiger partial charge on any atom is 0.232 e. The molecule has 0 aliphatic carbocycles. The average Bonchev–Trinajstić information content (AvgIpc) is 3.05. The summed E-state index contributed by atoms with van der Waals surface area (Å²) in [7, 11) is 0. The van der Waals surface area contributed by atoms with Gasteiger partial charge in [0.2, 0.25) is 5.91 Å². The molecule has 0 bridgehead atoms. The van der Waals surface area contributed by atoms with Crippen LogP contribution in [0.1, 0.15) is 47.1 Å². The fraction of sp³-hybridized carbons (Fsp3) is 0.400. The quantitative estimate of drug-likeness (QED) is 0.536. The summed E-state index contributed by atoms with van der Waals surface area (Å²) in [5, 5.41) is 9.16. The third kappa shape index (κ3) is 3.64. The molecule has 156 valence electrons. The Labute approximate surface area is 178 Å². The van der Waals surface area contributed by atoms with Gasteiger partial charge in [-0.2, -0.15) is 0 Å². The van der Waals surface area contributed by atoms with Gasteiger partial charge in [0.15, 0.2) is 0 Å². The van der Waals surface area contributed by atoms with Crippen molar-refractivity contribution in [2.24, 2.45) is 10.8 Å². The van der Waals surface area contributed by atoms with Crippen molar-refractivity contribution in [1.29, 1.82) is 0 Å². The van der Waals surface area contributed by atoms with E-state index < -0.39 is 5.41 Å². The van der Waals surface area contributed by atoms with Crippen LogP contribution < -0.4 is 4.90 Å². The van der Waals surface area contributed by atoms with Crippen molar-refractivity contribution in [3.05, 3.63) is 54.1 Å². The topological polar surface area (TPSA) is 51.0 Å². The molecule has 0 radical (unpaired) electrons. The zero-order valence-corrected chi connectivity index (χ0v) is 18.7. The number of benzene rings is 2. The summed E-state index contributed by atoms with van der Waals surface area (Å²) < 4.78 is 2.00. The molecule has 5 heteroatoms. The maximum absolute atomic E-state index is 13.5. The number of amides is 1. The van der Waals surface area contributed by atoms with E-state index >= 15 is 0 Å². The van der Waals surface area contributed by atoms with Crippen molar-refractivity contribution >= 4 is 11.6 Å². The third-order valence-corrected chi connectivity index (χ3v) is 5.30. The summed E-state index contributed by atoms with van der Waals surface area (Å²) >= 11 is 0. The van der Waals surface area contributed by atoms with Crippen molar-refractivity contribution < 1.29 is 4.79 Å². The highest BCUT2D eigenvalue weighted by atomic mass is 16.2. The molecule has 3 aromatic rings. The number of aromatic nitrogens is 3. The number of hydrogen-bond donors (Lipinski definition) is 0. The van der Waals surface area contributed by atoms with Crippen LogP contribution in [-0.4, -0.2) is 20.9 Å². The van der Waals surface area contributed by atoms with Crippen molar-refractivity contribution in [1.82, 2.24) is 15.0 Å². The first-order valence-electron chi connectivity index (χ1n) is 10.5. The summed E-state index contributed by atoms with van der Waals surface area (Å²) in [5.74, 6) is 0.100. The van der Waals surface area contributed by atoms with Crippen LogP contribution in [0.4, 0.5) is 5.69 Å². The number of para-hydroxylation sites is 1. The highest BCUT2D eigenvalue weighted by molar-refractivity contribution is 6.02. The first-order chi connectivity index (χ1) is 14.1. The molecule has 0 saturated heterocycles. The number of carbonyl (C=O) groups is 1. The van der Waals surface area contributed by atoms with Crippen LogP contribution in [0.15, 0.2) is 48.5 Å². The van der Waals surface area contributed by atoms with E-state index in [9.17, 15) is 4.79 Å². The van der Waals surface area contributed by atoms with E-state index in [1.165, 1.54) is 0 Å². The molecule has 2 heterocycles. The molecular formula is C25H30N4O. The lowest BCUT2D eigenvalue weighted by molar-refractivity contribution is -0.125. The second kappa shape index (κ2) is 7.08. The second-order valence-corrected chi connectivity index (χ2v) is 10.3. The second-order valence-electron chi connectivity index (χ2n) is 10.3. The van der Waals surface area contributed by atoms with Crippen molar-refractivity contribution in [3.8, 4) is 22.5 Å². The molecule has 2 aromatic carbocycles. The Morgan fingerprint density at radius 3 is 2.23 bits per heavy atom. The fourth-order valence-electron chi connectivity index (χ4n) is 3.96. The molecule has 0 saturated carbocycles. The predicted octanol–water partition coefficient (Wildman–Crippen LogP) is 5.55. The molecule has 0 N–H and O–H groups in total. The number of fused-ring (bicyclic) bond motifs is 5.